The molecule has 0 saturated carbocycles. The van der Waals surface area contributed by atoms with Crippen molar-refractivity contribution < 1.29 is 19.1 Å². The van der Waals surface area contributed by atoms with Crippen LogP contribution in [0.5, 0.6) is 0 Å². The van der Waals surface area contributed by atoms with Crippen LogP contribution in [0.3, 0.4) is 0 Å². The van der Waals surface area contributed by atoms with E-state index in [-0.39, 0.29) is 18.7 Å². The number of aliphatic carboxylic acids is 1. The molecule has 7 heteroatoms. The molecule has 0 spiro atoms. The summed E-state index contributed by atoms with van der Waals surface area (Å²) in [4.78, 5) is 26.3. The lowest BCUT2D eigenvalue weighted by atomic mass is 10.2. The summed E-state index contributed by atoms with van der Waals surface area (Å²) in [6.07, 6.45) is 3.58. The molecule has 128 valence electrons. The normalized spacial score (nSPS) is 10.5. The van der Waals surface area contributed by atoms with Gasteiger partial charge in [-0.3, -0.25) is 9.59 Å². The molecule has 0 radical (unpaired) electrons. The Labute approximate surface area is 144 Å². The third kappa shape index (κ3) is 5.70. The predicted molar refractivity (Wildman–Crippen MR) is 89.8 cm³/mol. The van der Waals surface area contributed by atoms with Crippen LogP contribution >= 0.6 is 11.6 Å². The number of carboxylic acid groups (broad SMARTS) is 1. The Kier molecular flexibility index (Phi) is 6.81. The van der Waals surface area contributed by atoms with Gasteiger partial charge in [0.2, 0.25) is 5.91 Å². The van der Waals surface area contributed by atoms with Gasteiger partial charge in [0, 0.05) is 31.4 Å². The van der Waals surface area contributed by atoms with Crippen molar-refractivity contribution in [1.29, 1.82) is 0 Å². The van der Waals surface area contributed by atoms with Crippen molar-refractivity contribution in [3.05, 3.63) is 41.4 Å². The standard InChI is InChI=1S/C17H19ClN2O4/c18-13-6-2-1-5-12(13)14-11-20-16(24-14)9-8-15(21)19-10-4-3-7-17(22)23/h1-2,5-6,11H,3-4,7-10H2,(H,19,21)(H,22,23). The number of halogens is 1. The van der Waals surface area contributed by atoms with Crippen LogP contribution in [0.1, 0.15) is 31.6 Å². The average Bonchev–Trinajstić information content (AvgIpc) is 3.01. The third-order valence-electron chi connectivity index (χ3n) is 3.40. The maximum absolute atomic E-state index is 11.7. The van der Waals surface area contributed by atoms with Gasteiger partial charge in [0.1, 0.15) is 0 Å². The van der Waals surface area contributed by atoms with Crippen LogP contribution in [0.15, 0.2) is 34.9 Å². The van der Waals surface area contributed by atoms with Gasteiger partial charge in [-0.25, -0.2) is 4.98 Å². The number of aromatic nitrogens is 1. The van der Waals surface area contributed by atoms with Gasteiger partial charge in [0.25, 0.3) is 0 Å². The van der Waals surface area contributed by atoms with E-state index in [1.54, 1.807) is 12.3 Å². The minimum Gasteiger partial charge on any atom is -0.481 e. The van der Waals surface area contributed by atoms with Gasteiger partial charge in [-0.05, 0) is 25.0 Å². The number of oxazole rings is 1. The number of benzene rings is 1. The van der Waals surface area contributed by atoms with Crippen LogP contribution in [0.25, 0.3) is 11.3 Å². The Hall–Kier alpha value is -2.34. The molecule has 0 aliphatic heterocycles. The van der Waals surface area contributed by atoms with Gasteiger partial charge in [0.15, 0.2) is 11.7 Å². The molecule has 1 amide bonds. The summed E-state index contributed by atoms with van der Waals surface area (Å²) in [6, 6.07) is 7.32. The Morgan fingerprint density at radius 3 is 2.75 bits per heavy atom. The van der Waals surface area contributed by atoms with Crippen LogP contribution in [0, 0.1) is 0 Å². The van der Waals surface area contributed by atoms with E-state index < -0.39 is 5.97 Å². The molecule has 2 rings (SSSR count). The molecule has 24 heavy (non-hydrogen) atoms. The van der Waals surface area contributed by atoms with Crippen molar-refractivity contribution in [3.8, 4) is 11.3 Å². The van der Waals surface area contributed by atoms with E-state index in [1.807, 2.05) is 18.2 Å². The van der Waals surface area contributed by atoms with Crippen molar-refractivity contribution in [2.45, 2.75) is 32.1 Å². The highest BCUT2D eigenvalue weighted by Crippen LogP contribution is 2.28. The van der Waals surface area contributed by atoms with E-state index in [4.69, 9.17) is 21.1 Å². The molecule has 0 aliphatic carbocycles. The summed E-state index contributed by atoms with van der Waals surface area (Å²) in [5.41, 5.74) is 0.765. The van der Waals surface area contributed by atoms with Gasteiger partial charge in [-0.1, -0.05) is 23.7 Å². The number of nitrogens with one attached hydrogen (secondary N) is 1. The number of hydrogen-bond donors (Lipinski definition) is 2. The van der Waals surface area contributed by atoms with E-state index in [2.05, 4.69) is 10.3 Å². The van der Waals surface area contributed by atoms with Crippen molar-refractivity contribution in [1.82, 2.24) is 10.3 Å². The maximum atomic E-state index is 11.7. The summed E-state index contributed by atoms with van der Waals surface area (Å²) < 4.78 is 5.63. The fourth-order valence-electron chi connectivity index (χ4n) is 2.15. The van der Waals surface area contributed by atoms with Crippen molar-refractivity contribution in [2.75, 3.05) is 6.54 Å². The monoisotopic (exact) mass is 350 g/mol. The molecular weight excluding hydrogens is 332 g/mol. The molecule has 2 aromatic rings. The second kappa shape index (κ2) is 9.08. The van der Waals surface area contributed by atoms with Crippen molar-refractivity contribution in [3.63, 3.8) is 0 Å². The minimum absolute atomic E-state index is 0.109. The first-order valence-corrected chi connectivity index (χ1v) is 8.12. The van der Waals surface area contributed by atoms with Gasteiger partial charge in [0.05, 0.1) is 11.2 Å². The molecule has 0 aliphatic rings. The zero-order chi connectivity index (χ0) is 17.4. The summed E-state index contributed by atoms with van der Waals surface area (Å²) in [7, 11) is 0. The van der Waals surface area contributed by atoms with E-state index >= 15 is 0 Å². The number of rotatable bonds is 9. The zero-order valence-electron chi connectivity index (χ0n) is 13.1. The van der Waals surface area contributed by atoms with Crippen LogP contribution in [-0.2, 0) is 16.0 Å². The highest BCUT2D eigenvalue weighted by atomic mass is 35.5. The van der Waals surface area contributed by atoms with Gasteiger partial charge >= 0.3 is 5.97 Å². The quantitative estimate of drug-likeness (QED) is 0.677. The van der Waals surface area contributed by atoms with Crippen LogP contribution in [-0.4, -0.2) is 28.5 Å². The molecule has 0 unspecified atom stereocenters. The molecular formula is C17H19ClN2O4. The number of amides is 1. The summed E-state index contributed by atoms with van der Waals surface area (Å²) >= 11 is 6.11. The average molecular weight is 351 g/mol. The van der Waals surface area contributed by atoms with Crippen molar-refractivity contribution in [2.24, 2.45) is 0 Å². The lowest BCUT2D eigenvalue weighted by Gasteiger charge is -2.03. The SMILES string of the molecule is O=C(O)CCCCNC(=O)CCc1ncc(-c2ccccc2Cl)o1. The summed E-state index contributed by atoms with van der Waals surface area (Å²) in [6.45, 7) is 0.475. The first-order valence-electron chi connectivity index (χ1n) is 7.74. The number of unbranched alkanes of at least 4 members (excludes halogenated alkanes) is 1. The number of aryl methyl sites for hydroxylation is 1. The van der Waals surface area contributed by atoms with E-state index in [0.717, 1.165) is 5.56 Å². The second-order valence-electron chi connectivity index (χ2n) is 5.30. The lowest BCUT2D eigenvalue weighted by Crippen LogP contribution is -2.24. The number of carbonyl (C=O) groups excluding carboxylic acids is 1. The number of nitrogens with zero attached hydrogens (tertiary/aromatic N) is 1. The molecule has 6 nitrogen and oxygen atoms in total. The molecule has 0 fully saturated rings. The van der Waals surface area contributed by atoms with Gasteiger partial charge < -0.3 is 14.8 Å². The fraction of sp³-hybridized carbons (Fsp3) is 0.353. The van der Waals surface area contributed by atoms with E-state index in [1.165, 1.54) is 0 Å². The molecule has 2 N–H and O–H groups in total. The molecule has 0 bridgehead atoms. The molecule has 1 aromatic heterocycles. The first kappa shape index (κ1) is 18.0. The Morgan fingerprint density at radius 1 is 1.21 bits per heavy atom. The first-order chi connectivity index (χ1) is 11.6. The van der Waals surface area contributed by atoms with Crippen LogP contribution in [0.4, 0.5) is 0 Å². The minimum atomic E-state index is -0.820. The Balaban J connectivity index is 1.74. The molecule has 0 atom stereocenters. The number of carbonyl (C=O) groups is 2. The Morgan fingerprint density at radius 2 is 2.00 bits per heavy atom. The topological polar surface area (TPSA) is 92.4 Å². The number of carboxylic acids is 1. The predicted octanol–water partition coefficient (Wildman–Crippen LogP) is 3.30. The van der Waals surface area contributed by atoms with Crippen LogP contribution < -0.4 is 5.32 Å². The third-order valence-corrected chi connectivity index (χ3v) is 3.73. The molecule has 0 saturated heterocycles. The van der Waals surface area contributed by atoms with Crippen LogP contribution in [0.2, 0.25) is 5.02 Å². The number of hydrogen-bond acceptors (Lipinski definition) is 4. The second-order valence-corrected chi connectivity index (χ2v) is 5.71. The largest absolute Gasteiger partial charge is 0.481 e. The van der Waals surface area contributed by atoms with Gasteiger partial charge in [-0.15, -0.1) is 0 Å². The van der Waals surface area contributed by atoms with E-state index in [0.29, 0.717) is 42.5 Å². The summed E-state index contributed by atoms with van der Waals surface area (Å²) in [5, 5.41) is 11.9. The fourth-order valence-corrected chi connectivity index (χ4v) is 2.38. The van der Waals surface area contributed by atoms with E-state index in [9.17, 15) is 9.59 Å². The highest BCUT2D eigenvalue weighted by Gasteiger charge is 2.11. The Bertz CT molecular complexity index is 699. The lowest BCUT2D eigenvalue weighted by molar-refractivity contribution is -0.137. The van der Waals surface area contributed by atoms with Gasteiger partial charge in [-0.2, -0.15) is 0 Å². The van der Waals surface area contributed by atoms with Crippen molar-refractivity contribution >= 4 is 23.5 Å². The molecule has 1 heterocycles. The smallest absolute Gasteiger partial charge is 0.303 e. The zero-order valence-corrected chi connectivity index (χ0v) is 13.9. The maximum Gasteiger partial charge on any atom is 0.303 e. The molecule has 1 aromatic carbocycles. The highest BCUT2D eigenvalue weighted by molar-refractivity contribution is 6.33. The summed E-state index contributed by atoms with van der Waals surface area (Å²) in [5.74, 6) is 0.123.